The van der Waals surface area contributed by atoms with Gasteiger partial charge in [0.25, 0.3) is 5.69 Å². The summed E-state index contributed by atoms with van der Waals surface area (Å²) in [7, 11) is 0. The zero-order valence-electron chi connectivity index (χ0n) is 15.7. The first-order valence-electron chi connectivity index (χ1n) is 8.88. The molecule has 0 amide bonds. The number of nitriles is 1. The Kier molecular flexibility index (Phi) is 6.20. The molecule has 3 aromatic rings. The van der Waals surface area contributed by atoms with Gasteiger partial charge in [0, 0.05) is 12.1 Å². The molecule has 1 N–H and O–H groups in total. The van der Waals surface area contributed by atoms with Crippen molar-refractivity contribution in [2.45, 2.75) is 6.61 Å². The summed E-state index contributed by atoms with van der Waals surface area (Å²) >= 11 is 0. The minimum atomic E-state index is -1.02. The summed E-state index contributed by atoms with van der Waals surface area (Å²) in [5.74, 6) is -0.400. The first-order chi connectivity index (χ1) is 14.5. The summed E-state index contributed by atoms with van der Waals surface area (Å²) in [6.07, 6.45) is 1.70. The van der Waals surface area contributed by atoms with Crippen molar-refractivity contribution < 1.29 is 19.6 Å². The Morgan fingerprint density at radius 1 is 1.00 bits per heavy atom. The zero-order chi connectivity index (χ0) is 21.5. The molecule has 0 radical (unpaired) electrons. The van der Waals surface area contributed by atoms with Gasteiger partial charge in [-0.25, -0.2) is 4.79 Å². The number of nitro groups is 1. The SMILES string of the molecule is N#C/C(=C/c1ccc(OCc2ccc([N+](=O)[O-])cc2)cc1)c1ccc(C(=O)O)cc1. The fraction of sp³-hybridized carbons (Fsp3) is 0.0435. The highest BCUT2D eigenvalue weighted by Crippen LogP contribution is 2.21. The van der Waals surface area contributed by atoms with Gasteiger partial charge in [-0.2, -0.15) is 5.26 Å². The van der Waals surface area contributed by atoms with E-state index < -0.39 is 10.9 Å². The number of rotatable bonds is 7. The van der Waals surface area contributed by atoms with Gasteiger partial charge in [-0.1, -0.05) is 24.3 Å². The molecular weight excluding hydrogens is 384 g/mol. The smallest absolute Gasteiger partial charge is 0.335 e. The summed E-state index contributed by atoms with van der Waals surface area (Å²) in [6.45, 7) is 0.270. The topological polar surface area (TPSA) is 113 Å². The average Bonchev–Trinajstić information content (AvgIpc) is 2.77. The minimum absolute atomic E-state index is 0.0285. The van der Waals surface area contributed by atoms with E-state index in [9.17, 15) is 20.2 Å². The van der Waals surface area contributed by atoms with Gasteiger partial charge in [-0.05, 0) is 59.2 Å². The lowest BCUT2D eigenvalue weighted by Crippen LogP contribution is -1.96. The summed E-state index contributed by atoms with van der Waals surface area (Å²) in [5.41, 5.74) is 2.82. The normalized spacial score (nSPS) is 10.8. The Morgan fingerprint density at radius 3 is 2.13 bits per heavy atom. The van der Waals surface area contributed by atoms with Crippen LogP contribution in [0.5, 0.6) is 5.75 Å². The molecule has 0 atom stereocenters. The molecule has 0 bridgehead atoms. The molecule has 0 heterocycles. The molecule has 0 fully saturated rings. The van der Waals surface area contributed by atoms with Crippen LogP contribution in [0.4, 0.5) is 5.69 Å². The Balaban J connectivity index is 1.67. The fourth-order valence-electron chi connectivity index (χ4n) is 2.68. The van der Waals surface area contributed by atoms with Crippen molar-refractivity contribution in [3.8, 4) is 11.8 Å². The summed E-state index contributed by atoms with van der Waals surface area (Å²) in [4.78, 5) is 21.2. The van der Waals surface area contributed by atoms with Gasteiger partial charge in [0.05, 0.1) is 22.1 Å². The number of ether oxygens (including phenoxy) is 1. The zero-order valence-corrected chi connectivity index (χ0v) is 15.7. The van der Waals surface area contributed by atoms with Crippen LogP contribution >= 0.6 is 0 Å². The van der Waals surface area contributed by atoms with Crippen LogP contribution in [0.1, 0.15) is 27.0 Å². The van der Waals surface area contributed by atoms with E-state index in [4.69, 9.17) is 9.84 Å². The lowest BCUT2D eigenvalue weighted by Gasteiger charge is -2.07. The number of carboxylic acids is 1. The van der Waals surface area contributed by atoms with E-state index in [1.807, 2.05) is 0 Å². The third-order valence-electron chi connectivity index (χ3n) is 4.31. The summed E-state index contributed by atoms with van der Waals surface area (Å²) < 4.78 is 5.69. The number of hydrogen-bond donors (Lipinski definition) is 1. The summed E-state index contributed by atoms with van der Waals surface area (Å²) in [6, 6.07) is 21.5. The van der Waals surface area contributed by atoms with Crippen molar-refractivity contribution in [2.75, 3.05) is 0 Å². The molecule has 0 spiro atoms. The second-order valence-electron chi connectivity index (χ2n) is 6.33. The largest absolute Gasteiger partial charge is 0.489 e. The second kappa shape index (κ2) is 9.17. The molecule has 0 aliphatic rings. The maximum Gasteiger partial charge on any atom is 0.335 e. The van der Waals surface area contributed by atoms with E-state index >= 15 is 0 Å². The number of aromatic carboxylic acids is 1. The quantitative estimate of drug-likeness (QED) is 0.260. The maximum atomic E-state index is 10.9. The number of carbonyl (C=O) groups is 1. The molecule has 30 heavy (non-hydrogen) atoms. The van der Waals surface area contributed by atoms with E-state index in [-0.39, 0.29) is 17.9 Å². The van der Waals surface area contributed by atoms with Crippen molar-refractivity contribution in [1.29, 1.82) is 5.26 Å². The van der Waals surface area contributed by atoms with Gasteiger partial charge in [0.2, 0.25) is 0 Å². The van der Waals surface area contributed by atoms with Gasteiger partial charge in [-0.3, -0.25) is 10.1 Å². The molecule has 0 saturated carbocycles. The van der Waals surface area contributed by atoms with Gasteiger partial charge in [0.15, 0.2) is 0 Å². The van der Waals surface area contributed by atoms with Gasteiger partial charge in [0.1, 0.15) is 12.4 Å². The maximum absolute atomic E-state index is 10.9. The van der Waals surface area contributed by atoms with Crippen molar-refractivity contribution >= 4 is 23.3 Å². The first kappa shape index (κ1) is 20.3. The standard InChI is InChI=1S/C23H16N2O5/c24-14-20(18-5-7-19(8-6-18)23(26)27)13-16-3-11-22(12-4-16)30-15-17-1-9-21(10-2-17)25(28)29/h1-13H,15H2,(H,26,27)/b20-13-. The van der Waals surface area contributed by atoms with Crippen LogP contribution in [0.25, 0.3) is 11.6 Å². The van der Waals surface area contributed by atoms with E-state index in [0.717, 1.165) is 11.1 Å². The highest BCUT2D eigenvalue weighted by molar-refractivity contribution is 5.92. The van der Waals surface area contributed by atoms with Crippen LogP contribution in [-0.4, -0.2) is 16.0 Å². The fourth-order valence-corrected chi connectivity index (χ4v) is 2.68. The lowest BCUT2D eigenvalue weighted by atomic mass is 10.0. The van der Waals surface area contributed by atoms with Crippen molar-refractivity contribution in [3.63, 3.8) is 0 Å². The molecule has 7 nitrogen and oxygen atoms in total. The Morgan fingerprint density at radius 2 is 1.60 bits per heavy atom. The van der Waals surface area contributed by atoms with Crippen molar-refractivity contribution in [3.05, 3.63) is 105 Å². The number of non-ortho nitro benzene ring substituents is 1. The highest BCUT2D eigenvalue weighted by Gasteiger charge is 2.06. The van der Waals surface area contributed by atoms with Crippen LogP contribution in [-0.2, 0) is 6.61 Å². The predicted molar refractivity (Wildman–Crippen MR) is 111 cm³/mol. The summed E-state index contributed by atoms with van der Waals surface area (Å²) in [5, 5.41) is 29.1. The van der Waals surface area contributed by atoms with Crippen molar-refractivity contribution in [1.82, 2.24) is 0 Å². The molecule has 3 rings (SSSR count). The molecule has 0 unspecified atom stereocenters. The number of hydrogen-bond acceptors (Lipinski definition) is 5. The molecule has 0 saturated heterocycles. The Bertz CT molecular complexity index is 1130. The number of benzene rings is 3. The third-order valence-corrected chi connectivity index (χ3v) is 4.31. The van der Waals surface area contributed by atoms with E-state index in [1.165, 1.54) is 24.3 Å². The highest BCUT2D eigenvalue weighted by atomic mass is 16.6. The predicted octanol–water partition coefficient (Wildman–Crippen LogP) is 4.94. The molecule has 7 heteroatoms. The molecule has 0 aromatic heterocycles. The van der Waals surface area contributed by atoms with Crippen LogP contribution in [0.2, 0.25) is 0 Å². The molecule has 0 aliphatic carbocycles. The molecule has 0 aliphatic heterocycles. The minimum Gasteiger partial charge on any atom is -0.489 e. The van der Waals surface area contributed by atoms with Crippen LogP contribution in [0.3, 0.4) is 0 Å². The lowest BCUT2D eigenvalue weighted by molar-refractivity contribution is -0.384. The molecule has 148 valence electrons. The van der Waals surface area contributed by atoms with E-state index in [1.54, 1.807) is 54.6 Å². The van der Waals surface area contributed by atoms with Crippen LogP contribution in [0.15, 0.2) is 72.8 Å². The number of nitrogens with zero attached hydrogens (tertiary/aromatic N) is 2. The second-order valence-corrected chi connectivity index (χ2v) is 6.33. The molecular formula is C23H16N2O5. The first-order valence-corrected chi connectivity index (χ1v) is 8.88. The van der Waals surface area contributed by atoms with Gasteiger partial charge in [-0.15, -0.1) is 0 Å². The van der Waals surface area contributed by atoms with Crippen LogP contribution < -0.4 is 4.74 Å². The van der Waals surface area contributed by atoms with Gasteiger partial charge >= 0.3 is 5.97 Å². The number of nitro benzene ring substituents is 1. The van der Waals surface area contributed by atoms with Gasteiger partial charge < -0.3 is 9.84 Å². The van der Waals surface area contributed by atoms with Crippen molar-refractivity contribution in [2.24, 2.45) is 0 Å². The van der Waals surface area contributed by atoms with E-state index in [2.05, 4.69) is 6.07 Å². The molecule has 3 aromatic carbocycles. The third kappa shape index (κ3) is 5.09. The Hall–Kier alpha value is -4.44. The average molecular weight is 400 g/mol. The van der Waals surface area contributed by atoms with Crippen LogP contribution in [0, 0.1) is 21.4 Å². The van der Waals surface area contributed by atoms with E-state index in [0.29, 0.717) is 16.9 Å². The Labute approximate surface area is 172 Å². The number of allylic oxidation sites excluding steroid dienone is 1. The monoisotopic (exact) mass is 400 g/mol. The number of carboxylic acid groups (broad SMARTS) is 1.